The molecule has 0 fully saturated rings. The van der Waals surface area contributed by atoms with E-state index in [1.165, 1.54) is 24.5 Å². The molecule has 3 rings (SSSR count). The smallest absolute Gasteiger partial charge is 0.282 e. The van der Waals surface area contributed by atoms with Crippen LogP contribution in [0, 0.1) is 6.92 Å². The standard InChI is InChI=1S/C16H12BrF2N5O2/c1-8-5-20-16(21-6-8)22-12(25)7-24-15(26)11-4-9(17)2-3-10(11)13(23-24)14(18)19/h2-6,14H,7H2,1H3,(H,20,21,22,25). The van der Waals surface area contributed by atoms with Crippen LogP contribution in [-0.4, -0.2) is 25.7 Å². The van der Waals surface area contributed by atoms with Crippen LogP contribution in [0.25, 0.3) is 10.8 Å². The third kappa shape index (κ3) is 3.74. The lowest BCUT2D eigenvalue weighted by molar-refractivity contribution is -0.117. The van der Waals surface area contributed by atoms with Crippen LogP contribution in [-0.2, 0) is 11.3 Å². The summed E-state index contributed by atoms with van der Waals surface area (Å²) >= 11 is 3.20. The molecule has 1 aromatic carbocycles. The third-order valence-corrected chi connectivity index (χ3v) is 3.98. The number of aromatic nitrogens is 4. The molecule has 0 aliphatic carbocycles. The molecule has 0 aliphatic heterocycles. The summed E-state index contributed by atoms with van der Waals surface area (Å²) in [6, 6.07) is 4.35. The summed E-state index contributed by atoms with van der Waals surface area (Å²) in [5, 5.41) is 6.15. The number of fused-ring (bicyclic) bond motifs is 1. The molecule has 10 heteroatoms. The fraction of sp³-hybridized carbons (Fsp3) is 0.188. The number of benzene rings is 1. The Balaban J connectivity index is 1.96. The van der Waals surface area contributed by atoms with E-state index in [1.807, 2.05) is 0 Å². The van der Waals surface area contributed by atoms with Crippen molar-refractivity contribution >= 4 is 38.6 Å². The van der Waals surface area contributed by atoms with Crippen molar-refractivity contribution in [2.75, 3.05) is 5.32 Å². The molecule has 2 aromatic heterocycles. The second-order valence-corrected chi connectivity index (χ2v) is 6.39. The summed E-state index contributed by atoms with van der Waals surface area (Å²) in [7, 11) is 0. The van der Waals surface area contributed by atoms with Gasteiger partial charge in [-0.15, -0.1) is 0 Å². The number of aryl methyl sites for hydroxylation is 1. The first-order chi connectivity index (χ1) is 12.3. The Labute approximate surface area is 154 Å². The lowest BCUT2D eigenvalue weighted by Crippen LogP contribution is -2.31. The first kappa shape index (κ1) is 18.1. The van der Waals surface area contributed by atoms with Gasteiger partial charge in [0.2, 0.25) is 11.9 Å². The largest absolute Gasteiger partial charge is 0.293 e. The molecule has 0 unspecified atom stereocenters. The zero-order valence-corrected chi connectivity index (χ0v) is 15.0. The van der Waals surface area contributed by atoms with Crippen molar-refractivity contribution in [3.05, 3.63) is 56.7 Å². The maximum absolute atomic E-state index is 13.3. The average molecular weight is 424 g/mol. The number of nitrogens with one attached hydrogen (secondary N) is 1. The number of carbonyl (C=O) groups excluding carboxylic acids is 1. The van der Waals surface area contributed by atoms with Gasteiger partial charge in [-0.05, 0) is 24.6 Å². The Morgan fingerprint density at radius 1 is 1.27 bits per heavy atom. The van der Waals surface area contributed by atoms with Crippen molar-refractivity contribution < 1.29 is 13.6 Å². The molecule has 3 aromatic rings. The van der Waals surface area contributed by atoms with Crippen LogP contribution in [0.4, 0.5) is 14.7 Å². The molecule has 0 atom stereocenters. The number of carbonyl (C=O) groups is 1. The van der Waals surface area contributed by atoms with E-state index in [9.17, 15) is 18.4 Å². The van der Waals surface area contributed by atoms with Gasteiger partial charge in [0.05, 0.1) is 5.39 Å². The maximum atomic E-state index is 13.3. The van der Waals surface area contributed by atoms with E-state index >= 15 is 0 Å². The van der Waals surface area contributed by atoms with Gasteiger partial charge in [0.25, 0.3) is 12.0 Å². The molecule has 0 saturated heterocycles. The molecule has 0 bridgehead atoms. The predicted molar refractivity (Wildman–Crippen MR) is 94.1 cm³/mol. The fourth-order valence-corrected chi connectivity index (χ4v) is 2.67. The minimum absolute atomic E-state index is 0.0454. The number of amides is 1. The third-order valence-electron chi connectivity index (χ3n) is 3.48. The van der Waals surface area contributed by atoms with E-state index in [-0.39, 0.29) is 16.7 Å². The Bertz CT molecular complexity index is 1040. The van der Waals surface area contributed by atoms with Crippen LogP contribution in [0.15, 0.2) is 39.9 Å². The van der Waals surface area contributed by atoms with E-state index in [0.29, 0.717) is 9.15 Å². The lowest BCUT2D eigenvalue weighted by Gasteiger charge is -2.11. The molecule has 0 spiro atoms. The molecule has 1 N–H and O–H groups in total. The van der Waals surface area contributed by atoms with Crippen LogP contribution in [0.1, 0.15) is 17.7 Å². The second-order valence-electron chi connectivity index (χ2n) is 5.47. The highest BCUT2D eigenvalue weighted by molar-refractivity contribution is 9.10. The van der Waals surface area contributed by atoms with Gasteiger partial charge in [-0.1, -0.05) is 22.0 Å². The molecule has 0 saturated carbocycles. The Morgan fingerprint density at radius 3 is 2.62 bits per heavy atom. The number of nitrogens with zero attached hydrogens (tertiary/aromatic N) is 4. The number of anilines is 1. The fourth-order valence-electron chi connectivity index (χ4n) is 2.31. The quantitative estimate of drug-likeness (QED) is 0.696. The summed E-state index contributed by atoms with van der Waals surface area (Å²) < 4.78 is 27.9. The van der Waals surface area contributed by atoms with Gasteiger partial charge < -0.3 is 0 Å². The van der Waals surface area contributed by atoms with Crippen LogP contribution >= 0.6 is 15.9 Å². The first-order valence-electron chi connectivity index (χ1n) is 7.42. The Morgan fingerprint density at radius 2 is 1.96 bits per heavy atom. The number of hydrogen-bond donors (Lipinski definition) is 1. The van der Waals surface area contributed by atoms with Crippen LogP contribution in [0.2, 0.25) is 0 Å². The zero-order valence-electron chi connectivity index (χ0n) is 13.4. The van der Waals surface area contributed by atoms with Crippen molar-refractivity contribution in [2.24, 2.45) is 0 Å². The van der Waals surface area contributed by atoms with Gasteiger partial charge in [-0.2, -0.15) is 5.10 Å². The Hall–Kier alpha value is -2.75. The molecule has 7 nitrogen and oxygen atoms in total. The van der Waals surface area contributed by atoms with Crippen molar-refractivity contribution in [3.63, 3.8) is 0 Å². The monoisotopic (exact) mass is 423 g/mol. The zero-order chi connectivity index (χ0) is 18.8. The highest BCUT2D eigenvalue weighted by Gasteiger charge is 2.19. The van der Waals surface area contributed by atoms with E-state index in [1.54, 1.807) is 13.0 Å². The van der Waals surface area contributed by atoms with E-state index < -0.39 is 30.1 Å². The van der Waals surface area contributed by atoms with E-state index in [0.717, 1.165) is 5.56 Å². The number of hydrogen-bond acceptors (Lipinski definition) is 5. The highest BCUT2D eigenvalue weighted by Crippen LogP contribution is 2.25. The Kier molecular flexibility index (Phi) is 5.03. The predicted octanol–water partition coefficient (Wildman–Crippen LogP) is 2.83. The average Bonchev–Trinajstić information content (AvgIpc) is 2.59. The van der Waals surface area contributed by atoms with E-state index in [4.69, 9.17) is 0 Å². The van der Waals surface area contributed by atoms with Crippen LogP contribution in [0.3, 0.4) is 0 Å². The molecular weight excluding hydrogens is 412 g/mol. The van der Waals surface area contributed by atoms with Gasteiger partial charge in [-0.25, -0.2) is 23.4 Å². The molecule has 2 heterocycles. The van der Waals surface area contributed by atoms with E-state index in [2.05, 4.69) is 36.3 Å². The normalized spacial score (nSPS) is 11.1. The second kappa shape index (κ2) is 7.24. The van der Waals surface area contributed by atoms with Gasteiger partial charge >= 0.3 is 0 Å². The summed E-state index contributed by atoms with van der Waals surface area (Å²) in [4.78, 5) is 32.5. The van der Waals surface area contributed by atoms with Gasteiger partial charge in [-0.3, -0.25) is 14.9 Å². The molecule has 26 heavy (non-hydrogen) atoms. The van der Waals surface area contributed by atoms with Crippen molar-refractivity contribution in [3.8, 4) is 0 Å². The van der Waals surface area contributed by atoms with Crippen LogP contribution in [0.5, 0.6) is 0 Å². The first-order valence-corrected chi connectivity index (χ1v) is 8.21. The minimum atomic E-state index is -2.89. The summed E-state index contributed by atoms with van der Waals surface area (Å²) in [5.41, 5.74) is -0.403. The molecule has 0 aliphatic rings. The molecular formula is C16H12BrF2N5O2. The van der Waals surface area contributed by atoms with Gasteiger partial charge in [0, 0.05) is 22.3 Å². The number of halogens is 3. The van der Waals surface area contributed by atoms with Crippen molar-refractivity contribution in [2.45, 2.75) is 19.9 Å². The highest BCUT2D eigenvalue weighted by atomic mass is 79.9. The molecule has 1 amide bonds. The van der Waals surface area contributed by atoms with Crippen molar-refractivity contribution in [1.29, 1.82) is 0 Å². The van der Waals surface area contributed by atoms with Gasteiger partial charge in [0.15, 0.2) is 0 Å². The topological polar surface area (TPSA) is 89.8 Å². The SMILES string of the molecule is Cc1cnc(NC(=O)Cn2nc(C(F)F)c3ccc(Br)cc3c2=O)nc1. The number of rotatable bonds is 4. The summed E-state index contributed by atoms with van der Waals surface area (Å²) in [6.45, 7) is 1.24. The molecule has 0 radical (unpaired) electrons. The lowest BCUT2D eigenvalue weighted by atomic mass is 10.1. The molecule has 134 valence electrons. The minimum Gasteiger partial charge on any atom is -0.293 e. The summed E-state index contributed by atoms with van der Waals surface area (Å²) in [5.74, 6) is -0.607. The van der Waals surface area contributed by atoms with Crippen molar-refractivity contribution in [1.82, 2.24) is 19.7 Å². The number of alkyl halides is 2. The van der Waals surface area contributed by atoms with Gasteiger partial charge in [0.1, 0.15) is 12.2 Å². The summed E-state index contributed by atoms with van der Waals surface area (Å²) in [6.07, 6.45) is 0.124. The van der Waals surface area contributed by atoms with Crippen LogP contribution < -0.4 is 10.9 Å². The maximum Gasteiger partial charge on any atom is 0.282 e.